The fourth-order valence-corrected chi connectivity index (χ4v) is 1.48. The average Bonchev–Trinajstić information content (AvgIpc) is 2.62. The van der Waals surface area contributed by atoms with E-state index >= 15 is 0 Å². The largest absolute Gasteiger partial charge is 0.320 e. The lowest BCUT2D eigenvalue weighted by Crippen LogP contribution is -2.34. The molecule has 1 aromatic heterocycles. The Morgan fingerprint density at radius 2 is 2.46 bits per heavy atom. The number of carbonyl (C=O) groups is 1. The summed E-state index contributed by atoms with van der Waals surface area (Å²) in [5.74, 6) is 0.666. The fraction of sp³-hybridized carbons (Fsp3) is 0.500. The number of carbonyl (C=O) groups excluding carboxylic acids is 1. The molecule has 5 nitrogen and oxygen atoms in total. The molecule has 13 heavy (non-hydrogen) atoms. The number of hydrogen-bond acceptors (Lipinski definition) is 3. The lowest BCUT2D eigenvalue weighted by molar-refractivity contribution is -0.118. The highest BCUT2D eigenvalue weighted by Gasteiger charge is 2.30. The first-order valence-corrected chi connectivity index (χ1v) is 4.25. The number of nitrogens with two attached hydrogens (primary N) is 1. The molecular formula is C8H12N4O. The zero-order valence-electron chi connectivity index (χ0n) is 7.47. The first-order chi connectivity index (χ1) is 6.18. The summed E-state index contributed by atoms with van der Waals surface area (Å²) in [6, 6.07) is 1.47. The number of aryl methyl sites for hydroxylation is 1. The fourth-order valence-electron chi connectivity index (χ4n) is 1.48. The van der Waals surface area contributed by atoms with Gasteiger partial charge in [-0.3, -0.25) is 14.4 Å². The minimum atomic E-state index is -0.345. The monoisotopic (exact) mass is 180 g/mol. The molecular weight excluding hydrogens is 168 g/mol. The van der Waals surface area contributed by atoms with Gasteiger partial charge in [0.15, 0.2) is 5.82 Å². The van der Waals surface area contributed by atoms with Crippen LogP contribution in [0.4, 0.5) is 5.82 Å². The van der Waals surface area contributed by atoms with Crippen molar-refractivity contribution in [2.75, 3.05) is 11.4 Å². The molecule has 1 atom stereocenters. The number of hydrogen-bond donors (Lipinski definition) is 1. The zero-order valence-corrected chi connectivity index (χ0v) is 7.47. The van der Waals surface area contributed by atoms with Crippen molar-refractivity contribution in [1.29, 1.82) is 0 Å². The van der Waals surface area contributed by atoms with Crippen LogP contribution in [-0.2, 0) is 11.8 Å². The topological polar surface area (TPSA) is 64.2 Å². The van der Waals surface area contributed by atoms with Gasteiger partial charge in [0.25, 0.3) is 0 Å². The molecule has 0 bridgehead atoms. The summed E-state index contributed by atoms with van der Waals surface area (Å²) in [7, 11) is 1.82. The van der Waals surface area contributed by atoms with Crippen molar-refractivity contribution >= 4 is 11.7 Å². The number of rotatable bonds is 1. The van der Waals surface area contributed by atoms with Crippen molar-refractivity contribution in [3.05, 3.63) is 12.3 Å². The maximum atomic E-state index is 11.5. The van der Waals surface area contributed by atoms with E-state index in [1.165, 1.54) is 0 Å². The van der Waals surface area contributed by atoms with Crippen LogP contribution in [-0.4, -0.2) is 28.3 Å². The summed E-state index contributed by atoms with van der Waals surface area (Å²) < 4.78 is 1.67. The summed E-state index contributed by atoms with van der Waals surface area (Å²) in [4.78, 5) is 13.1. The summed E-state index contributed by atoms with van der Waals surface area (Å²) in [6.07, 6.45) is 2.53. The molecule has 1 amide bonds. The Labute approximate surface area is 76.1 Å². The number of amides is 1. The molecule has 1 aromatic rings. The molecule has 1 aliphatic rings. The molecule has 2 heterocycles. The van der Waals surface area contributed by atoms with Crippen molar-refractivity contribution in [1.82, 2.24) is 9.78 Å². The molecule has 0 spiro atoms. The van der Waals surface area contributed by atoms with Crippen molar-refractivity contribution in [2.24, 2.45) is 12.8 Å². The highest BCUT2D eigenvalue weighted by Crippen LogP contribution is 2.17. The van der Waals surface area contributed by atoms with Gasteiger partial charge in [-0.1, -0.05) is 0 Å². The molecule has 0 aromatic carbocycles. The smallest absolute Gasteiger partial charge is 0.245 e. The van der Waals surface area contributed by atoms with E-state index < -0.39 is 0 Å². The van der Waals surface area contributed by atoms with Crippen molar-refractivity contribution in [3.63, 3.8) is 0 Å². The molecule has 5 heteroatoms. The molecule has 0 aliphatic carbocycles. The first-order valence-electron chi connectivity index (χ1n) is 4.25. The Kier molecular flexibility index (Phi) is 1.81. The summed E-state index contributed by atoms with van der Waals surface area (Å²) in [6.45, 7) is 0.678. The maximum Gasteiger partial charge on any atom is 0.245 e. The predicted octanol–water partition coefficient (Wildman–Crippen LogP) is -0.516. The number of nitrogens with zero attached hydrogens (tertiary/aromatic N) is 3. The van der Waals surface area contributed by atoms with Gasteiger partial charge in [-0.05, 0) is 6.42 Å². The standard InChI is InChI=1S/C8H12N4O/c1-11-4-3-7(10-11)12-5-2-6(9)8(12)13/h3-4,6H,2,5,9H2,1H3/t6-/m1/s1. The van der Waals surface area contributed by atoms with Crippen molar-refractivity contribution < 1.29 is 4.79 Å². The highest BCUT2D eigenvalue weighted by atomic mass is 16.2. The van der Waals surface area contributed by atoms with E-state index in [9.17, 15) is 4.79 Å². The minimum Gasteiger partial charge on any atom is -0.320 e. The van der Waals surface area contributed by atoms with Crippen molar-refractivity contribution in [2.45, 2.75) is 12.5 Å². The molecule has 1 fully saturated rings. The number of aromatic nitrogens is 2. The van der Waals surface area contributed by atoms with Crippen LogP contribution in [0.1, 0.15) is 6.42 Å². The lowest BCUT2D eigenvalue weighted by Gasteiger charge is -2.11. The number of anilines is 1. The molecule has 0 saturated carbocycles. The van der Waals surface area contributed by atoms with Gasteiger partial charge in [-0.2, -0.15) is 5.10 Å². The molecule has 1 aliphatic heterocycles. The average molecular weight is 180 g/mol. The Balaban J connectivity index is 2.23. The molecule has 2 N–H and O–H groups in total. The van der Waals surface area contributed by atoms with E-state index in [0.29, 0.717) is 12.4 Å². The van der Waals surface area contributed by atoms with Crippen LogP contribution in [0.2, 0.25) is 0 Å². The second kappa shape index (κ2) is 2.85. The third-order valence-corrected chi connectivity index (χ3v) is 2.22. The Bertz CT molecular complexity index is 333. The van der Waals surface area contributed by atoms with Crippen LogP contribution in [0.25, 0.3) is 0 Å². The third kappa shape index (κ3) is 1.31. The Morgan fingerprint density at radius 1 is 1.69 bits per heavy atom. The second-order valence-electron chi connectivity index (χ2n) is 3.23. The predicted molar refractivity (Wildman–Crippen MR) is 48.2 cm³/mol. The third-order valence-electron chi connectivity index (χ3n) is 2.22. The van der Waals surface area contributed by atoms with Crippen LogP contribution in [0.5, 0.6) is 0 Å². The van der Waals surface area contributed by atoms with Crippen LogP contribution in [0.3, 0.4) is 0 Å². The molecule has 0 unspecified atom stereocenters. The van der Waals surface area contributed by atoms with Gasteiger partial charge in [0.2, 0.25) is 5.91 Å². The Hall–Kier alpha value is -1.36. The van der Waals surface area contributed by atoms with Gasteiger partial charge >= 0.3 is 0 Å². The molecule has 70 valence electrons. The van der Waals surface area contributed by atoms with Crippen LogP contribution in [0.15, 0.2) is 12.3 Å². The van der Waals surface area contributed by atoms with Crippen molar-refractivity contribution in [3.8, 4) is 0 Å². The normalized spacial score (nSPS) is 22.8. The SMILES string of the molecule is Cn1ccc(N2CC[C@@H](N)C2=O)n1. The molecule has 1 saturated heterocycles. The van der Waals surface area contributed by atoms with Crippen LogP contribution >= 0.6 is 0 Å². The maximum absolute atomic E-state index is 11.5. The summed E-state index contributed by atoms with van der Waals surface area (Å²) >= 11 is 0. The summed E-state index contributed by atoms with van der Waals surface area (Å²) in [5, 5.41) is 4.14. The van der Waals surface area contributed by atoms with E-state index in [4.69, 9.17) is 5.73 Å². The zero-order chi connectivity index (χ0) is 9.42. The van der Waals surface area contributed by atoms with E-state index in [0.717, 1.165) is 6.42 Å². The van der Waals surface area contributed by atoms with E-state index in [-0.39, 0.29) is 11.9 Å². The quantitative estimate of drug-likeness (QED) is 0.632. The first kappa shape index (κ1) is 8.25. The van der Waals surface area contributed by atoms with Crippen LogP contribution in [0, 0.1) is 0 Å². The van der Waals surface area contributed by atoms with Gasteiger partial charge in [-0.25, -0.2) is 0 Å². The Morgan fingerprint density at radius 3 is 2.92 bits per heavy atom. The van der Waals surface area contributed by atoms with Crippen LogP contribution < -0.4 is 10.6 Å². The molecule has 0 radical (unpaired) electrons. The van der Waals surface area contributed by atoms with Gasteiger partial charge in [0.05, 0.1) is 6.04 Å². The van der Waals surface area contributed by atoms with Gasteiger partial charge in [0.1, 0.15) is 0 Å². The lowest BCUT2D eigenvalue weighted by atomic mass is 10.3. The second-order valence-corrected chi connectivity index (χ2v) is 3.23. The van der Waals surface area contributed by atoms with Gasteiger partial charge in [-0.15, -0.1) is 0 Å². The van der Waals surface area contributed by atoms with E-state index in [2.05, 4.69) is 5.10 Å². The van der Waals surface area contributed by atoms with E-state index in [1.807, 2.05) is 19.3 Å². The van der Waals surface area contributed by atoms with Gasteiger partial charge < -0.3 is 5.73 Å². The highest BCUT2D eigenvalue weighted by molar-refractivity contribution is 5.98. The van der Waals surface area contributed by atoms with Gasteiger partial charge in [0, 0.05) is 25.9 Å². The minimum absolute atomic E-state index is 0.0290. The van der Waals surface area contributed by atoms with E-state index in [1.54, 1.807) is 9.58 Å². The molecule has 2 rings (SSSR count). The summed E-state index contributed by atoms with van der Waals surface area (Å²) in [5.41, 5.74) is 5.59.